The number of hydrogen-bond acceptors (Lipinski definition) is 3. The van der Waals surface area contributed by atoms with E-state index in [0.717, 1.165) is 25.7 Å². The van der Waals surface area contributed by atoms with E-state index in [0.29, 0.717) is 18.1 Å². The summed E-state index contributed by atoms with van der Waals surface area (Å²) in [6, 6.07) is 4.33. The Morgan fingerprint density at radius 3 is 2.62 bits per heavy atom. The molecule has 2 nitrogen and oxygen atoms in total. The van der Waals surface area contributed by atoms with Crippen LogP contribution in [0.15, 0.2) is 23.1 Å². The number of hydrogen-bond donors (Lipinski definition) is 0. The van der Waals surface area contributed by atoms with Crippen LogP contribution in [-0.2, 0) is 0 Å². The average Bonchev–Trinajstić information content (AvgIpc) is 2.61. The van der Waals surface area contributed by atoms with Crippen LogP contribution in [0.3, 0.4) is 0 Å². The number of nitriles is 2. The predicted molar refractivity (Wildman–Crippen MR) is 67.5 cm³/mol. The zero-order valence-corrected chi connectivity index (χ0v) is 10.2. The van der Waals surface area contributed by atoms with E-state index < -0.39 is 0 Å². The third-order valence-electron chi connectivity index (χ3n) is 2.52. The van der Waals surface area contributed by atoms with Crippen LogP contribution >= 0.6 is 11.8 Å². The maximum absolute atomic E-state index is 8.48. The SMILES string of the molecule is C=C1C=C(CCCC#N)SC1CCCC#N. The lowest BCUT2D eigenvalue weighted by atomic mass is 10.1. The Morgan fingerprint density at radius 1 is 1.25 bits per heavy atom. The van der Waals surface area contributed by atoms with E-state index in [9.17, 15) is 0 Å². The van der Waals surface area contributed by atoms with Gasteiger partial charge in [-0.3, -0.25) is 0 Å². The van der Waals surface area contributed by atoms with Gasteiger partial charge >= 0.3 is 0 Å². The first-order valence-corrected chi connectivity index (χ1v) is 6.46. The molecule has 1 aliphatic heterocycles. The fraction of sp³-hybridized carbons (Fsp3) is 0.538. The molecule has 1 heterocycles. The second-order valence-corrected chi connectivity index (χ2v) is 5.18. The van der Waals surface area contributed by atoms with Gasteiger partial charge in [0.2, 0.25) is 0 Å². The molecule has 0 aromatic carbocycles. The van der Waals surface area contributed by atoms with Gasteiger partial charge in [0.05, 0.1) is 12.1 Å². The number of allylic oxidation sites excluding steroid dienone is 2. The molecule has 0 aromatic heterocycles. The van der Waals surface area contributed by atoms with E-state index in [-0.39, 0.29) is 0 Å². The van der Waals surface area contributed by atoms with Crippen molar-refractivity contribution in [1.29, 1.82) is 10.5 Å². The second-order valence-electron chi connectivity index (χ2n) is 3.85. The molecule has 0 spiro atoms. The standard InChI is InChI=1S/C13H16N2S/c1-11-10-12(6-2-4-8-14)16-13(11)7-3-5-9-15/h10,13H,1-7H2. The van der Waals surface area contributed by atoms with Crippen molar-refractivity contribution < 1.29 is 0 Å². The highest BCUT2D eigenvalue weighted by Crippen LogP contribution is 2.40. The summed E-state index contributed by atoms with van der Waals surface area (Å²) in [5, 5.41) is 17.4. The first kappa shape index (κ1) is 12.9. The van der Waals surface area contributed by atoms with Gasteiger partial charge < -0.3 is 0 Å². The van der Waals surface area contributed by atoms with Gasteiger partial charge in [-0.2, -0.15) is 10.5 Å². The summed E-state index contributed by atoms with van der Waals surface area (Å²) in [5.74, 6) is 0. The van der Waals surface area contributed by atoms with Gasteiger partial charge in [-0.05, 0) is 42.2 Å². The maximum Gasteiger partial charge on any atom is 0.0621 e. The molecule has 1 rings (SSSR count). The number of thioether (sulfide) groups is 1. The summed E-state index contributed by atoms with van der Waals surface area (Å²) >= 11 is 1.86. The molecular formula is C13H16N2S. The van der Waals surface area contributed by atoms with Gasteiger partial charge in [0.15, 0.2) is 0 Å². The molecule has 0 amide bonds. The van der Waals surface area contributed by atoms with Crippen molar-refractivity contribution in [2.24, 2.45) is 0 Å². The number of nitrogens with zero attached hydrogens (tertiary/aromatic N) is 2. The van der Waals surface area contributed by atoms with Crippen LogP contribution in [0, 0.1) is 22.7 Å². The molecule has 1 atom stereocenters. The molecule has 0 radical (unpaired) electrons. The largest absolute Gasteiger partial charge is 0.198 e. The van der Waals surface area contributed by atoms with Crippen molar-refractivity contribution in [3.8, 4) is 12.1 Å². The Bertz CT molecular complexity index is 357. The van der Waals surface area contributed by atoms with Crippen molar-refractivity contribution in [3.63, 3.8) is 0 Å². The Labute approximate surface area is 102 Å². The average molecular weight is 232 g/mol. The molecule has 16 heavy (non-hydrogen) atoms. The van der Waals surface area contributed by atoms with Crippen molar-refractivity contribution in [2.75, 3.05) is 0 Å². The zero-order chi connectivity index (χ0) is 11.8. The Hall–Kier alpha value is -1.19. The summed E-state index contributed by atoms with van der Waals surface area (Å²) in [5.41, 5.74) is 1.18. The molecule has 0 aromatic rings. The fourth-order valence-electron chi connectivity index (χ4n) is 1.68. The first-order valence-electron chi connectivity index (χ1n) is 5.58. The second kappa shape index (κ2) is 7.14. The Kier molecular flexibility index (Phi) is 5.75. The smallest absolute Gasteiger partial charge is 0.0621 e. The van der Waals surface area contributed by atoms with E-state index in [1.807, 2.05) is 11.8 Å². The van der Waals surface area contributed by atoms with Gasteiger partial charge in [-0.25, -0.2) is 0 Å². The van der Waals surface area contributed by atoms with Gasteiger partial charge in [0.25, 0.3) is 0 Å². The molecule has 3 heteroatoms. The molecule has 1 aliphatic rings. The molecule has 0 fully saturated rings. The third-order valence-corrected chi connectivity index (χ3v) is 3.97. The monoisotopic (exact) mass is 232 g/mol. The van der Waals surface area contributed by atoms with Crippen LogP contribution in [0.5, 0.6) is 0 Å². The minimum atomic E-state index is 0.463. The van der Waals surface area contributed by atoms with Crippen LogP contribution < -0.4 is 0 Å². The van der Waals surface area contributed by atoms with Crippen molar-refractivity contribution in [1.82, 2.24) is 0 Å². The highest BCUT2D eigenvalue weighted by Gasteiger charge is 2.20. The fourth-order valence-corrected chi connectivity index (χ4v) is 3.03. The number of unbranched alkanes of at least 4 members (excludes halogenated alkanes) is 2. The van der Waals surface area contributed by atoms with Crippen LogP contribution in [0.4, 0.5) is 0 Å². The van der Waals surface area contributed by atoms with E-state index in [2.05, 4.69) is 24.8 Å². The van der Waals surface area contributed by atoms with E-state index in [4.69, 9.17) is 10.5 Å². The molecule has 84 valence electrons. The summed E-state index contributed by atoms with van der Waals surface area (Å²) in [4.78, 5) is 1.35. The van der Waals surface area contributed by atoms with Crippen molar-refractivity contribution >= 4 is 11.8 Å². The molecule has 0 saturated heterocycles. The summed E-state index contributed by atoms with van der Waals surface area (Å²) in [6.07, 6.45) is 7.33. The Balaban J connectivity index is 2.28. The molecule has 0 N–H and O–H groups in total. The summed E-state index contributed by atoms with van der Waals surface area (Å²) < 4.78 is 0. The van der Waals surface area contributed by atoms with Crippen LogP contribution in [0.2, 0.25) is 0 Å². The molecule has 0 bridgehead atoms. The van der Waals surface area contributed by atoms with Gasteiger partial charge in [-0.15, -0.1) is 11.8 Å². The molecule has 0 saturated carbocycles. The van der Waals surface area contributed by atoms with Gasteiger partial charge in [0.1, 0.15) is 0 Å². The van der Waals surface area contributed by atoms with Crippen LogP contribution in [0.25, 0.3) is 0 Å². The molecular weight excluding hydrogens is 216 g/mol. The minimum absolute atomic E-state index is 0.463. The van der Waals surface area contributed by atoms with Crippen molar-refractivity contribution in [2.45, 2.75) is 43.8 Å². The first-order chi connectivity index (χ1) is 7.77. The van der Waals surface area contributed by atoms with E-state index in [1.165, 1.54) is 10.5 Å². The van der Waals surface area contributed by atoms with E-state index >= 15 is 0 Å². The zero-order valence-electron chi connectivity index (χ0n) is 9.41. The minimum Gasteiger partial charge on any atom is -0.198 e. The van der Waals surface area contributed by atoms with Gasteiger partial charge in [0, 0.05) is 18.1 Å². The highest BCUT2D eigenvalue weighted by molar-refractivity contribution is 8.04. The van der Waals surface area contributed by atoms with Crippen molar-refractivity contribution in [3.05, 3.63) is 23.1 Å². The third kappa shape index (κ3) is 4.13. The Morgan fingerprint density at radius 2 is 1.94 bits per heavy atom. The maximum atomic E-state index is 8.48. The van der Waals surface area contributed by atoms with Gasteiger partial charge in [-0.1, -0.05) is 6.58 Å². The summed E-state index contributed by atoms with van der Waals surface area (Å²) in [7, 11) is 0. The molecule has 0 aliphatic carbocycles. The molecule has 1 unspecified atom stereocenters. The van der Waals surface area contributed by atoms with E-state index in [1.54, 1.807) is 0 Å². The number of rotatable bonds is 6. The highest BCUT2D eigenvalue weighted by atomic mass is 32.2. The lowest BCUT2D eigenvalue weighted by Gasteiger charge is -2.09. The summed E-state index contributed by atoms with van der Waals surface area (Å²) in [6.45, 7) is 4.05. The van der Waals surface area contributed by atoms with Crippen LogP contribution in [0.1, 0.15) is 38.5 Å². The quantitative estimate of drug-likeness (QED) is 0.652. The normalized spacial score (nSPS) is 19.0. The lowest BCUT2D eigenvalue weighted by molar-refractivity contribution is 0.771. The lowest BCUT2D eigenvalue weighted by Crippen LogP contribution is -1.99. The predicted octanol–water partition coefficient (Wildman–Crippen LogP) is 3.93. The topological polar surface area (TPSA) is 47.6 Å². The van der Waals surface area contributed by atoms with Crippen LogP contribution in [-0.4, -0.2) is 5.25 Å².